The second-order valence-electron chi connectivity index (χ2n) is 5.64. The number of thioether (sulfide) groups is 1. The average molecular weight is 372 g/mol. The summed E-state index contributed by atoms with van der Waals surface area (Å²) in [5.74, 6) is 0.205. The van der Waals surface area contributed by atoms with Crippen molar-refractivity contribution in [3.63, 3.8) is 0 Å². The molecule has 1 fully saturated rings. The number of nitrogens with one attached hydrogen (secondary N) is 1. The van der Waals surface area contributed by atoms with Crippen LogP contribution in [0, 0.1) is 0 Å². The maximum atomic E-state index is 12.4. The maximum absolute atomic E-state index is 12.4. The predicted octanol–water partition coefficient (Wildman–Crippen LogP) is 1.32. The minimum Gasteiger partial charge on any atom is -0.408 e. The Morgan fingerprint density at radius 3 is 2.83 bits per heavy atom. The van der Waals surface area contributed by atoms with Crippen LogP contribution in [0.5, 0.6) is 0 Å². The molecular formula is C15H20N2O5S2. The van der Waals surface area contributed by atoms with E-state index in [1.807, 2.05) is 0 Å². The van der Waals surface area contributed by atoms with Crippen LogP contribution in [-0.2, 0) is 21.8 Å². The molecule has 0 unspecified atom stereocenters. The number of sulfonamides is 1. The summed E-state index contributed by atoms with van der Waals surface area (Å²) in [4.78, 5) is 11.6. The molecule has 1 N–H and O–H groups in total. The highest BCUT2D eigenvalue weighted by Crippen LogP contribution is 2.22. The van der Waals surface area contributed by atoms with Gasteiger partial charge in [0.25, 0.3) is 0 Å². The lowest BCUT2D eigenvalue weighted by atomic mass is 10.2. The van der Waals surface area contributed by atoms with E-state index >= 15 is 0 Å². The highest BCUT2D eigenvalue weighted by Gasteiger charge is 2.18. The minimum atomic E-state index is -3.61. The lowest BCUT2D eigenvalue weighted by molar-refractivity contribution is 0.100. The van der Waals surface area contributed by atoms with E-state index in [0.717, 1.165) is 31.8 Å². The molecule has 1 aromatic carbocycles. The van der Waals surface area contributed by atoms with Crippen molar-refractivity contribution in [3.8, 4) is 0 Å². The molecule has 1 saturated heterocycles. The average Bonchev–Trinajstić information content (AvgIpc) is 2.87. The molecule has 0 atom stereocenters. The first-order valence-electron chi connectivity index (χ1n) is 7.76. The summed E-state index contributed by atoms with van der Waals surface area (Å²) in [6.07, 6.45) is 2.03. The maximum Gasteiger partial charge on any atom is 0.419 e. The first-order chi connectivity index (χ1) is 11.5. The third-order valence-electron chi connectivity index (χ3n) is 3.99. The molecule has 2 heterocycles. The van der Waals surface area contributed by atoms with Crippen molar-refractivity contribution in [2.24, 2.45) is 7.05 Å². The Kier molecular flexibility index (Phi) is 5.33. The minimum absolute atomic E-state index is 0.127. The standard InChI is InChI=1S/C15H20N2O5S2/c1-17-13-10-12(2-3-14(13)22-15(17)18)24(19,20)16-6-9-23-11-4-7-21-8-5-11/h2-3,10-11,16H,4-9H2,1H3. The van der Waals surface area contributed by atoms with Crippen LogP contribution in [0.3, 0.4) is 0 Å². The highest BCUT2D eigenvalue weighted by molar-refractivity contribution is 8.00. The molecule has 1 aliphatic heterocycles. The molecule has 0 spiro atoms. The van der Waals surface area contributed by atoms with Crippen LogP contribution in [0.2, 0.25) is 0 Å². The number of hydrogen-bond acceptors (Lipinski definition) is 6. The molecule has 24 heavy (non-hydrogen) atoms. The van der Waals surface area contributed by atoms with Gasteiger partial charge in [0.1, 0.15) is 0 Å². The molecule has 0 amide bonds. The van der Waals surface area contributed by atoms with Crippen molar-refractivity contribution >= 4 is 32.9 Å². The van der Waals surface area contributed by atoms with Crippen LogP contribution in [0.15, 0.2) is 32.3 Å². The number of rotatable bonds is 6. The summed E-state index contributed by atoms with van der Waals surface area (Å²) in [7, 11) is -2.06. The van der Waals surface area contributed by atoms with Crippen molar-refractivity contribution in [1.82, 2.24) is 9.29 Å². The summed E-state index contributed by atoms with van der Waals surface area (Å²) in [5.41, 5.74) is 0.830. The second kappa shape index (κ2) is 7.30. The summed E-state index contributed by atoms with van der Waals surface area (Å²) < 4.78 is 39.0. The first kappa shape index (κ1) is 17.5. The SMILES string of the molecule is Cn1c(=O)oc2ccc(S(=O)(=O)NCCSC3CCOCC3)cc21. The van der Waals surface area contributed by atoms with Gasteiger partial charge >= 0.3 is 5.76 Å². The Morgan fingerprint density at radius 1 is 1.33 bits per heavy atom. The molecule has 1 aliphatic rings. The van der Waals surface area contributed by atoms with E-state index in [1.165, 1.54) is 22.8 Å². The lowest BCUT2D eigenvalue weighted by Crippen LogP contribution is -2.27. The van der Waals surface area contributed by atoms with Gasteiger partial charge in [-0.1, -0.05) is 0 Å². The Hall–Kier alpha value is -1.29. The van der Waals surface area contributed by atoms with Crippen LogP contribution >= 0.6 is 11.8 Å². The number of fused-ring (bicyclic) bond motifs is 1. The second-order valence-corrected chi connectivity index (χ2v) is 8.81. The molecule has 0 radical (unpaired) electrons. The van der Waals surface area contributed by atoms with E-state index < -0.39 is 15.8 Å². The van der Waals surface area contributed by atoms with Crippen molar-refractivity contribution < 1.29 is 17.6 Å². The van der Waals surface area contributed by atoms with Crippen LogP contribution in [0.25, 0.3) is 11.1 Å². The fourth-order valence-electron chi connectivity index (χ4n) is 2.60. The Bertz CT molecular complexity index is 866. The lowest BCUT2D eigenvalue weighted by Gasteiger charge is -2.21. The van der Waals surface area contributed by atoms with E-state index in [2.05, 4.69) is 4.72 Å². The zero-order valence-corrected chi connectivity index (χ0v) is 15.0. The highest BCUT2D eigenvalue weighted by atomic mass is 32.2. The molecule has 1 aromatic heterocycles. The largest absolute Gasteiger partial charge is 0.419 e. The quantitative estimate of drug-likeness (QED) is 0.769. The number of ether oxygens (including phenoxy) is 1. The van der Waals surface area contributed by atoms with E-state index in [4.69, 9.17) is 9.15 Å². The van der Waals surface area contributed by atoms with Gasteiger partial charge in [0.05, 0.1) is 10.4 Å². The summed E-state index contributed by atoms with van der Waals surface area (Å²) in [6, 6.07) is 4.40. The molecule has 2 aromatic rings. The van der Waals surface area contributed by atoms with Crippen LogP contribution in [0.4, 0.5) is 0 Å². The predicted molar refractivity (Wildman–Crippen MR) is 92.9 cm³/mol. The first-order valence-corrected chi connectivity index (χ1v) is 10.3. The number of benzene rings is 1. The van der Waals surface area contributed by atoms with Gasteiger partial charge in [0, 0.05) is 37.8 Å². The van der Waals surface area contributed by atoms with E-state index in [0.29, 0.717) is 22.9 Å². The van der Waals surface area contributed by atoms with E-state index in [-0.39, 0.29) is 4.90 Å². The van der Waals surface area contributed by atoms with Gasteiger partial charge in [-0.2, -0.15) is 11.8 Å². The van der Waals surface area contributed by atoms with Crippen molar-refractivity contribution in [1.29, 1.82) is 0 Å². The summed E-state index contributed by atoms with van der Waals surface area (Å²) in [6.45, 7) is 1.94. The fraction of sp³-hybridized carbons (Fsp3) is 0.533. The zero-order valence-electron chi connectivity index (χ0n) is 13.4. The Labute approximate surface area is 144 Å². The number of aryl methyl sites for hydroxylation is 1. The van der Waals surface area contributed by atoms with Gasteiger partial charge in [-0.25, -0.2) is 17.9 Å². The van der Waals surface area contributed by atoms with Gasteiger partial charge < -0.3 is 9.15 Å². The molecule has 0 saturated carbocycles. The van der Waals surface area contributed by atoms with Crippen LogP contribution in [-0.4, -0.2) is 43.7 Å². The van der Waals surface area contributed by atoms with Crippen LogP contribution in [0.1, 0.15) is 12.8 Å². The number of hydrogen-bond donors (Lipinski definition) is 1. The number of nitrogens with zero attached hydrogens (tertiary/aromatic N) is 1. The molecule has 0 aliphatic carbocycles. The fourth-order valence-corrected chi connectivity index (χ4v) is 4.86. The normalized spacial score (nSPS) is 16.7. The topological polar surface area (TPSA) is 90.5 Å². The molecule has 3 rings (SSSR count). The van der Waals surface area contributed by atoms with Gasteiger partial charge in [-0.05, 0) is 31.0 Å². The van der Waals surface area contributed by atoms with Crippen molar-refractivity contribution in [2.45, 2.75) is 23.0 Å². The smallest absolute Gasteiger partial charge is 0.408 e. The van der Waals surface area contributed by atoms with Gasteiger partial charge in [0.2, 0.25) is 10.0 Å². The molecule has 0 bridgehead atoms. The Morgan fingerprint density at radius 2 is 2.08 bits per heavy atom. The van der Waals surface area contributed by atoms with E-state index in [1.54, 1.807) is 18.8 Å². The van der Waals surface area contributed by atoms with Crippen molar-refractivity contribution in [3.05, 3.63) is 28.7 Å². The third kappa shape index (κ3) is 3.85. The molecular weight excluding hydrogens is 352 g/mol. The van der Waals surface area contributed by atoms with Gasteiger partial charge in [-0.3, -0.25) is 4.57 Å². The van der Waals surface area contributed by atoms with Gasteiger partial charge in [0.15, 0.2) is 5.58 Å². The summed E-state index contributed by atoms with van der Waals surface area (Å²) in [5, 5.41) is 0.542. The van der Waals surface area contributed by atoms with Crippen molar-refractivity contribution in [2.75, 3.05) is 25.5 Å². The van der Waals surface area contributed by atoms with Gasteiger partial charge in [-0.15, -0.1) is 0 Å². The summed E-state index contributed by atoms with van der Waals surface area (Å²) >= 11 is 1.77. The number of aromatic nitrogens is 1. The Balaban J connectivity index is 1.62. The van der Waals surface area contributed by atoms with Crippen LogP contribution < -0.4 is 10.5 Å². The third-order valence-corrected chi connectivity index (χ3v) is 6.83. The molecule has 9 heteroatoms. The van der Waals surface area contributed by atoms with E-state index in [9.17, 15) is 13.2 Å². The number of oxazole rings is 1. The monoisotopic (exact) mass is 372 g/mol. The molecule has 132 valence electrons. The zero-order chi connectivity index (χ0) is 17.2. The molecule has 7 nitrogen and oxygen atoms in total.